The average Bonchev–Trinajstić information content (AvgIpc) is 2.63. The maximum atomic E-state index is 13.1. The van der Waals surface area contributed by atoms with Crippen LogP contribution in [0.25, 0.3) is 22.3 Å². The summed E-state index contributed by atoms with van der Waals surface area (Å²) in [5.41, 5.74) is 3.79. The highest BCUT2D eigenvalue weighted by molar-refractivity contribution is 5.89. The summed E-state index contributed by atoms with van der Waals surface area (Å²) < 4.78 is 22.3. The summed E-state index contributed by atoms with van der Waals surface area (Å²) in [7, 11) is 4.63. The lowest BCUT2D eigenvalue weighted by atomic mass is 10.0. The molecule has 0 unspecified atom stereocenters. The Morgan fingerprint density at radius 2 is 1.54 bits per heavy atom. The molecule has 1 aromatic heterocycles. The van der Waals surface area contributed by atoms with Crippen LogP contribution in [0.1, 0.15) is 16.7 Å². The van der Waals surface area contributed by atoms with Crippen LogP contribution < -0.4 is 19.6 Å². The van der Waals surface area contributed by atoms with Gasteiger partial charge in [0.2, 0.25) is 11.2 Å². The molecule has 0 fully saturated rings. The van der Waals surface area contributed by atoms with Gasteiger partial charge in [-0.15, -0.1) is 0 Å². The van der Waals surface area contributed by atoms with Gasteiger partial charge in [-0.2, -0.15) is 0 Å². The van der Waals surface area contributed by atoms with Crippen molar-refractivity contribution in [2.45, 2.75) is 20.8 Å². The minimum atomic E-state index is -0.253. The van der Waals surface area contributed by atoms with Crippen molar-refractivity contribution < 1.29 is 18.6 Å². The van der Waals surface area contributed by atoms with Crippen LogP contribution >= 0.6 is 0 Å². The number of rotatable bonds is 4. The summed E-state index contributed by atoms with van der Waals surface area (Å²) in [5.74, 6) is 1.83. The summed E-state index contributed by atoms with van der Waals surface area (Å²) in [4.78, 5) is 13.1. The van der Waals surface area contributed by atoms with Crippen molar-refractivity contribution in [1.29, 1.82) is 0 Å². The molecule has 2 aromatic carbocycles. The molecule has 3 rings (SSSR count). The highest BCUT2D eigenvalue weighted by Crippen LogP contribution is 2.37. The molecule has 0 N–H and O–H groups in total. The molecule has 0 aliphatic rings. The van der Waals surface area contributed by atoms with Gasteiger partial charge in [0.25, 0.3) is 0 Å². The van der Waals surface area contributed by atoms with Crippen molar-refractivity contribution in [3.8, 4) is 28.6 Å². The van der Waals surface area contributed by atoms with Gasteiger partial charge in [-0.25, -0.2) is 0 Å². The van der Waals surface area contributed by atoms with Crippen molar-refractivity contribution in [3.63, 3.8) is 0 Å². The molecule has 1 heterocycles. The Kier molecular flexibility index (Phi) is 4.64. The van der Waals surface area contributed by atoms with Crippen LogP contribution in [0.3, 0.4) is 0 Å². The van der Waals surface area contributed by atoms with E-state index in [0.29, 0.717) is 22.5 Å². The van der Waals surface area contributed by atoms with Gasteiger partial charge in [0, 0.05) is 5.56 Å². The van der Waals surface area contributed by atoms with Gasteiger partial charge in [-0.1, -0.05) is 0 Å². The van der Waals surface area contributed by atoms with E-state index in [1.165, 1.54) is 7.11 Å². The minimum Gasteiger partial charge on any atom is -0.496 e. The zero-order valence-electron chi connectivity index (χ0n) is 15.9. The third-order valence-electron chi connectivity index (χ3n) is 4.67. The number of hydrogen-bond acceptors (Lipinski definition) is 5. The predicted octanol–water partition coefficient (Wildman–Crippen LogP) is 4.41. The smallest absolute Gasteiger partial charge is 0.239 e. The summed E-state index contributed by atoms with van der Waals surface area (Å²) in [6, 6.07) is 7.45. The second kappa shape index (κ2) is 6.75. The third-order valence-corrected chi connectivity index (χ3v) is 4.67. The van der Waals surface area contributed by atoms with E-state index in [4.69, 9.17) is 18.6 Å². The van der Waals surface area contributed by atoms with Crippen molar-refractivity contribution >= 4 is 11.0 Å². The van der Waals surface area contributed by atoms with E-state index in [1.807, 2.05) is 45.0 Å². The third kappa shape index (κ3) is 2.69. The van der Waals surface area contributed by atoms with Gasteiger partial charge in [0.05, 0.1) is 21.3 Å². The highest BCUT2D eigenvalue weighted by atomic mass is 16.5. The summed E-state index contributed by atoms with van der Waals surface area (Å²) in [6.07, 6.45) is 0. The Labute approximate surface area is 152 Å². The summed E-state index contributed by atoms with van der Waals surface area (Å²) in [6.45, 7) is 5.81. The summed E-state index contributed by atoms with van der Waals surface area (Å²) >= 11 is 0. The number of fused-ring (bicyclic) bond motifs is 1. The van der Waals surface area contributed by atoms with Gasteiger partial charge in [-0.05, 0) is 61.7 Å². The van der Waals surface area contributed by atoms with E-state index in [1.54, 1.807) is 14.2 Å². The van der Waals surface area contributed by atoms with Crippen molar-refractivity contribution in [3.05, 3.63) is 51.2 Å². The Bertz CT molecular complexity index is 1050. The fraction of sp³-hybridized carbons (Fsp3) is 0.286. The van der Waals surface area contributed by atoms with E-state index in [9.17, 15) is 4.79 Å². The second-order valence-electron chi connectivity index (χ2n) is 6.20. The van der Waals surface area contributed by atoms with Crippen molar-refractivity contribution in [2.75, 3.05) is 21.3 Å². The molecule has 0 radical (unpaired) electrons. The molecule has 136 valence electrons. The molecule has 0 saturated heterocycles. The van der Waals surface area contributed by atoms with Gasteiger partial charge >= 0.3 is 0 Å². The standard InChI is InChI=1S/C21H22O5/c1-11-10-16-17(19(24-5)13(11)3)18(22)21(25-6)20(26-16)14-7-8-15(23-4)12(2)9-14/h7-10H,1-6H3. The highest BCUT2D eigenvalue weighted by Gasteiger charge is 2.22. The maximum Gasteiger partial charge on any atom is 0.239 e. The first-order valence-corrected chi connectivity index (χ1v) is 8.26. The van der Waals surface area contributed by atoms with E-state index in [-0.39, 0.29) is 11.2 Å². The molecule has 5 heteroatoms. The fourth-order valence-corrected chi connectivity index (χ4v) is 3.17. The molecular formula is C21H22O5. The first-order chi connectivity index (χ1) is 12.4. The first kappa shape index (κ1) is 17.9. The molecule has 0 aliphatic carbocycles. The van der Waals surface area contributed by atoms with Crippen LogP contribution in [0.15, 0.2) is 33.5 Å². The molecule has 0 spiro atoms. The zero-order chi connectivity index (χ0) is 19.0. The molecule has 0 saturated carbocycles. The SMILES string of the molecule is COc1ccc(-c2oc3cc(C)c(C)c(OC)c3c(=O)c2OC)cc1C. The van der Waals surface area contributed by atoms with Gasteiger partial charge < -0.3 is 18.6 Å². The number of hydrogen-bond donors (Lipinski definition) is 0. The topological polar surface area (TPSA) is 57.9 Å². The minimum absolute atomic E-state index is 0.156. The van der Waals surface area contributed by atoms with Gasteiger partial charge in [0.15, 0.2) is 5.76 Å². The molecule has 0 bridgehead atoms. The van der Waals surface area contributed by atoms with Crippen LogP contribution in [0.5, 0.6) is 17.2 Å². The average molecular weight is 354 g/mol. The second-order valence-corrected chi connectivity index (χ2v) is 6.20. The van der Waals surface area contributed by atoms with Crippen LogP contribution in [-0.4, -0.2) is 21.3 Å². The number of ether oxygens (including phenoxy) is 3. The normalized spacial score (nSPS) is 10.8. The van der Waals surface area contributed by atoms with Crippen LogP contribution in [0.2, 0.25) is 0 Å². The monoisotopic (exact) mass is 354 g/mol. The van der Waals surface area contributed by atoms with Crippen LogP contribution in [0, 0.1) is 20.8 Å². The van der Waals surface area contributed by atoms with Crippen LogP contribution in [0.4, 0.5) is 0 Å². The fourth-order valence-electron chi connectivity index (χ4n) is 3.17. The van der Waals surface area contributed by atoms with E-state index in [0.717, 1.165) is 28.0 Å². The lowest BCUT2D eigenvalue weighted by Crippen LogP contribution is -2.10. The lowest BCUT2D eigenvalue weighted by molar-refractivity contribution is 0.395. The van der Waals surface area contributed by atoms with E-state index >= 15 is 0 Å². The van der Waals surface area contributed by atoms with Crippen LogP contribution in [-0.2, 0) is 0 Å². The van der Waals surface area contributed by atoms with Gasteiger partial charge in [-0.3, -0.25) is 4.79 Å². The number of benzene rings is 2. The molecule has 0 atom stereocenters. The Hall–Kier alpha value is -2.95. The maximum absolute atomic E-state index is 13.1. The lowest BCUT2D eigenvalue weighted by Gasteiger charge is -2.14. The number of aryl methyl sites for hydroxylation is 2. The molecular weight excluding hydrogens is 332 g/mol. The molecule has 3 aromatic rings. The zero-order valence-corrected chi connectivity index (χ0v) is 15.9. The Morgan fingerprint density at radius 1 is 0.846 bits per heavy atom. The van der Waals surface area contributed by atoms with E-state index in [2.05, 4.69) is 0 Å². The first-order valence-electron chi connectivity index (χ1n) is 8.26. The molecule has 5 nitrogen and oxygen atoms in total. The Balaban J connectivity index is 2.39. The van der Waals surface area contributed by atoms with Gasteiger partial charge in [0.1, 0.15) is 22.5 Å². The number of methoxy groups -OCH3 is 3. The van der Waals surface area contributed by atoms with E-state index < -0.39 is 0 Å². The van der Waals surface area contributed by atoms with Crippen molar-refractivity contribution in [1.82, 2.24) is 0 Å². The predicted molar refractivity (Wildman–Crippen MR) is 102 cm³/mol. The Morgan fingerprint density at radius 3 is 2.12 bits per heavy atom. The largest absolute Gasteiger partial charge is 0.496 e. The molecule has 26 heavy (non-hydrogen) atoms. The molecule has 0 amide bonds. The summed E-state index contributed by atoms with van der Waals surface area (Å²) in [5, 5.41) is 0.390. The van der Waals surface area contributed by atoms with Crippen molar-refractivity contribution in [2.24, 2.45) is 0 Å². The quantitative estimate of drug-likeness (QED) is 0.694. The molecule has 0 aliphatic heterocycles.